The zero-order valence-electron chi connectivity index (χ0n) is 13.7. The molecule has 0 saturated carbocycles. The van der Waals surface area contributed by atoms with Crippen LogP contribution < -0.4 is 10.0 Å². The van der Waals surface area contributed by atoms with Crippen LogP contribution in [0.25, 0.3) is 0 Å². The Morgan fingerprint density at radius 3 is 2.33 bits per heavy atom. The van der Waals surface area contributed by atoms with Gasteiger partial charge in [0.05, 0.1) is 21.2 Å². The molecule has 0 aromatic heterocycles. The number of halogens is 5. The lowest BCUT2D eigenvalue weighted by Crippen LogP contribution is -2.34. The number of hydrogen-bond donors (Lipinski definition) is 2. The molecule has 0 heterocycles. The van der Waals surface area contributed by atoms with E-state index in [-0.39, 0.29) is 15.6 Å². The van der Waals surface area contributed by atoms with E-state index in [1.165, 1.54) is 12.1 Å². The Morgan fingerprint density at radius 2 is 1.74 bits per heavy atom. The number of alkyl halides is 3. The third-order valence-corrected chi connectivity index (χ3v) is 5.48. The van der Waals surface area contributed by atoms with Crippen LogP contribution >= 0.6 is 23.2 Å². The fraction of sp³-hybridized carbons (Fsp3) is 0.188. The third kappa shape index (κ3) is 5.75. The van der Waals surface area contributed by atoms with Gasteiger partial charge < -0.3 is 5.32 Å². The molecule has 0 fully saturated rings. The molecule has 0 aliphatic carbocycles. The molecule has 2 aromatic carbocycles. The molecule has 0 saturated heterocycles. The van der Waals surface area contributed by atoms with Crippen LogP contribution in [0.5, 0.6) is 0 Å². The Balaban J connectivity index is 2.29. The summed E-state index contributed by atoms with van der Waals surface area (Å²) >= 11 is 11.8. The van der Waals surface area contributed by atoms with Crippen molar-refractivity contribution in [3.63, 3.8) is 0 Å². The number of carbonyl (C=O) groups is 1. The summed E-state index contributed by atoms with van der Waals surface area (Å²) in [4.78, 5) is 11.6. The largest absolute Gasteiger partial charge is 0.405 e. The molecule has 0 atom stereocenters. The minimum atomic E-state index is -4.61. The van der Waals surface area contributed by atoms with Crippen LogP contribution in [0.1, 0.15) is 15.9 Å². The molecule has 2 aromatic rings. The summed E-state index contributed by atoms with van der Waals surface area (Å²) in [7, 11) is -4.13. The molecule has 0 spiro atoms. The highest BCUT2D eigenvalue weighted by Gasteiger charge is 2.28. The fourth-order valence-electron chi connectivity index (χ4n) is 1.99. The van der Waals surface area contributed by atoms with E-state index in [0.717, 1.165) is 23.8 Å². The highest BCUT2D eigenvalue weighted by molar-refractivity contribution is 7.92. The number of carbonyl (C=O) groups excluding carboxylic acids is 1. The van der Waals surface area contributed by atoms with Gasteiger partial charge in [-0.25, -0.2) is 8.42 Å². The summed E-state index contributed by atoms with van der Waals surface area (Å²) in [6, 6.07) is 7.64. The summed E-state index contributed by atoms with van der Waals surface area (Å²) in [5, 5.41) is 1.80. The van der Waals surface area contributed by atoms with Crippen molar-refractivity contribution >= 4 is 44.8 Å². The van der Waals surface area contributed by atoms with Gasteiger partial charge in [-0.05, 0) is 42.8 Å². The minimum absolute atomic E-state index is 0.184. The van der Waals surface area contributed by atoms with E-state index >= 15 is 0 Å². The topological polar surface area (TPSA) is 75.3 Å². The maximum Gasteiger partial charge on any atom is 0.405 e. The Kier molecular flexibility index (Phi) is 6.28. The molecule has 27 heavy (non-hydrogen) atoms. The van der Waals surface area contributed by atoms with Crippen molar-refractivity contribution in [1.82, 2.24) is 5.32 Å². The Labute approximate surface area is 163 Å². The second kappa shape index (κ2) is 7.95. The summed E-state index contributed by atoms with van der Waals surface area (Å²) in [5.41, 5.74) is 0.532. The molecule has 1 amide bonds. The Morgan fingerprint density at radius 1 is 1.07 bits per heavy atom. The normalized spacial score (nSPS) is 11.9. The van der Waals surface area contributed by atoms with Crippen LogP contribution in [0.15, 0.2) is 41.3 Å². The maximum atomic E-state index is 12.5. The van der Waals surface area contributed by atoms with Crippen LogP contribution in [0, 0.1) is 6.92 Å². The summed E-state index contributed by atoms with van der Waals surface area (Å²) in [5.74, 6) is -1.15. The summed E-state index contributed by atoms with van der Waals surface area (Å²) < 4.78 is 64.0. The zero-order valence-corrected chi connectivity index (χ0v) is 16.0. The molecule has 0 radical (unpaired) electrons. The molecular weight excluding hydrogens is 428 g/mol. The van der Waals surface area contributed by atoms with Crippen LogP contribution in [0.4, 0.5) is 18.9 Å². The van der Waals surface area contributed by atoms with Gasteiger partial charge in [0.25, 0.3) is 15.9 Å². The van der Waals surface area contributed by atoms with E-state index in [0.29, 0.717) is 5.02 Å². The molecule has 0 bridgehead atoms. The number of anilines is 1. The Bertz CT molecular complexity index is 979. The van der Waals surface area contributed by atoms with Crippen LogP contribution in [0.2, 0.25) is 10.0 Å². The number of amides is 1. The van der Waals surface area contributed by atoms with Gasteiger partial charge in [-0.2, -0.15) is 13.2 Å². The van der Waals surface area contributed by atoms with Gasteiger partial charge in [-0.1, -0.05) is 29.3 Å². The minimum Gasteiger partial charge on any atom is -0.343 e. The van der Waals surface area contributed by atoms with Crippen molar-refractivity contribution in [1.29, 1.82) is 0 Å². The Hall–Kier alpha value is -1.97. The molecule has 2 rings (SSSR count). The monoisotopic (exact) mass is 440 g/mol. The van der Waals surface area contributed by atoms with Crippen LogP contribution in [-0.4, -0.2) is 27.0 Å². The molecule has 0 unspecified atom stereocenters. The van der Waals surface area contributed by atoms with Gasteiger partial charge in [0.2, 0.25) is 0 Å². The highest BCUT2D eigenvalue weighted by Crippen LogP contribution is 2.25. The van der Waals surface area contributed by atoms with E-state index in [9.17, 15) is 26.4 Å². The second-order valence-corrected chi connectivity index (χ2v) is 8.01. The fourth-order valence-corrected chi connectivity index (χ4v) is 3.45. The van der Waals surface area contributed by atoms with Crippen molar-refractivity contribution in [3.05, 3.63) is 57.6 Å². The van der Waals surface area contributed by atoms with Gasteiger partial charge in [0.1, 0.15) is 6.54 Å². The number of rotatable bonds is 5. The summed E-state index contributed by atoms with van der Waals surface area (Å²) in [6.45, 7) is 0.172. The average molecular weight is 441 g/mol. The molecule has 5 nitrogen and oxygen atoms in total. The smallest absolute Gasteiger partial charge is 0.343 e. The summed E-state index contributed by atoms with van der Waals surface area (Å²) in [6.07, 6.45) is -4.61. The van der Waals surface area contributed by atoms with Gasteiger partial charge in [-0.3, -0.25) is 9.52 Å². The van der Waals surface area contributed by atoms with Gasteiger partial charge in [-0.15, -0.1) is 0 Å². The van der Waals surface area contributed by atoms with Crippen molar-refractivity contribution in [2.45, 2.75) is 18.0 Å². The SMILES string of the molecule is Cc1ccc(NS(=O)(=O)c2ccc(Cl)c(C(=O)NCC(F)(F)F)c2)cc1Cl. The van der Waals surface area contributed by atoms with Crippen molar-refractivity contribution in [2.75, 3.05) is 11.3 Å². The first-order valence-electron chi connectivity index (χ1n) is 7.32. The lowest BCUT2D eigenvalue weighted by molar-refractivity contribution is -0.123. The van der Waals surface area contributed by atoms with Crippen molar-refractivity contribution < 1.29 is 26.4 Å². The molecular formula is C16H13Cl2F3N2O3S. The van der Waals surface area contributed by atoms with Gasteiger partial charge in [0, 0.05) is 5.02 Å². The number of aryl methyl sites for hydroxylation is 1. The molecule has 146 valence electrons. The maximum absolute atomic E-state index is 12.5. The first kappa shape index (κ1) is 21.3. The van der Waals surface area contributed by atoms with Gasteiger partial charge in [0.15, 0.2) is 0 Å². The number of hydrogen-bond acceptors (Lipinski definition) is 3. The molecule has 2 N–H and O–H groups in total. The van der Waals surface area contributed by atoms with E-state index < -0.39 is 34.2 Å². The van der Waals surface area contributed by atoms with E-state index in [1.807, 2.05) is 0 Å². The van der Waals surface area contributed by atoms with Crippen LogP contribution in [-0.2, 0) is 10.0 Å². The average Bonchev–Trinajstić information content (AvgIpc) is 2.55. The predicted octanol–water partition coefficient (Wildman–Crippen LogP) is 4.39. The van der Waals surface area contributed by atoms with Crippen LogP contribution in [0.3, 0.4) is 0 Å². The standard InChI is InChI=1S/C16H13Cl2F3N2O3S/c1-9-2-3-10(6-14(9)18)23-27(25,26)11-4-5-13(17)12(7-11)15(24)22-8-16(19,20)21/h2-7,23H,8H2,1H3,(H,22,24). The lowest BCUT2D eigenvalue weighted by Gasteiger charge is -2.12. The highest BCUT2D eigenvalue weighted by atomic mass is 35.5. The molecule has 0 aliphatic heterocycles. The van der Waals surface area contributed by atoms with E-state index in [4.69, 9.17) is 23.2 Å². The predicted molar refractivity (Wildman–Crippen MR) is 96.8 cm³/mol. The first-order chi connectivity index (χ1) is 12.4. The van der Waals surface area contributed by atoms with Gasteiger partial charge >= 0.3 is 6.18 Å². The van der Waals surface area contributed by atoms with E-state index in [1.54, 1.807) is 18.3 Å². The first-order valence-corrected chi connectivity index (χ1v) is 9.56. The number of nitrogens with one attached hydrogen (secondary N) is 2. The zero-order chi connectivity index (χ0) is 20.4. The van der Waals surface area contributed by atoms with E-state index in [2.05, 4.69) is 4.72 Å². The number of benzene rings is 2. The molecule has 11 heteroatoms. The second-order valence-electron chi connectivity index (χ2n) is 5.51. The lowest BCUT2D eigenvalue weighted by atomic mass is 10.2. The quantitative estimate of drug-likeness (QED) is 0.723. The van der Waals surface area contributed by atoms with Crippen molar-refractivity contribution in [2.24, 2.45) is 0 Å². The van der Waals surface area contributed by atoms with Crippen molar-refractivity contribution in [3.8, 4) is 0 Å². The third-order valence-electron chi connectivity index (χ3n) is 3.37. The number of sulfonamides is 1. The molecule has 0 aliphatic rings.